The van der Waals surface area contributed by atoms with Crippen LogP contribution in [0.2, 0.25) is 0 Å². The van der Waals surface area contributed by atoms with Gasteiger partial charge in [0, 0.05) is 30.9 Å². The van der Waals surface area contributed by atoms with Gasteiger partial charge in [0.25, 0.3) is 5.56 Å². The lowest BCUT2D eigenvalue weighted by atomic mass is 10.1. The first-order chi connectivity index (χ1) is 16.7. The number of nitrogens with zero attached hydrogens (tertiary/aromatic N) is 4. The van der Waals surface area contributed by atoms with E-state index in [1.165, 1.54) is 30.8 Å². The second-order valence-electron chi connectivity index (χ2n) is 7.90. The fraction of sp³-hybridized carbons (Fsp3) is 0.167. The number of primary amides is 1. The molecule has 10 nitrogen and oxygen atoms in total. The van der Waals surface area contributed by atoms with Crippen molar-refractivity contribution in [2.45, 2.75) is 11.9 Å². The lowest BCUT2D eigenvalue weighted by Gasteiger charge is -2.12. The minimum Gasteiger partial charge on any atom is -0.366 e. The van der Waals surface area contributed by atoms with Crippen molar-refractivity contribution < 1.29 is 9.59 Å². The van der Waals surface area contributed by atoms with Crippen LogP contribution >= 0.6 is 11.8 Å². The Bertz CT molecular complexity index is 1570. The van der Waals surface area contributed by atoms with Gasteiger partial charge in [0.1, 0.15) is 10.4 Å². The Morgan fingerprint density at radius 1 is 0.971 bits per heavy atom. The Morgan fingerprint density at radius 2 is 1.63 bits per heavy atom. The van der Waals surface area contributed by atoms with Gasteiger partial charge >= 0.3 is 5.69 Å². The summed E-state index contributed by atoms with van der Waals surface area (Å²) in [6, 6.07) is 13.7. The van der Waals surface area contributed by atoms with Gasteiger partial charge in [-0.15, -0.1) is 0 Å². The van der Waals surface area contributed by atoms with Crippen LogP contribution in [0.4, 0.5) is 5.69 Å². The molecule has 2 heterocycles. The topological polar surface area (TPSA) is 142 Å². The van der Waals surface area contributed by atoms with Crippen LogP contribution in [0.5, 0.6) is 0 Å². The number of rotatable bonds is 6. The zero-order valence-corrected chi connectivity index (χ0v) is 20.0. The van der Waals surface area contributed by atoms with Crippen molar-refractivity contribution in [3.63, 3.8) is 0 Å². The normalized spacial score (nSPS) is 10.9. The van der Waals surface area contributed by atoms with Gasteiger partial charge in [-0.3, -0.25) is 23.5 Å². The maximum atomic E-state index is 13.0. The number of amides is 2. The quantitative estimate of drug-likeness (QED) is 0.310. The highest BCUT2D eigenvalue weighted by atomic mass is 32.2. The number of carbonyl (C=O) groups is 2. The average Bonchev–Trinajstić information content (AvgIpc) is 2.85. The summed E-state index contributed by atoms with van der Waals surface area (Å²) in [5, 5.41) is 3.19. The summed E-state index contributed by atoms with van der Waals surface area (Å²) in [5.74, 6) is -0.615. The largest absolute Gasteiger partial charge is 0.366 e. The zero-order valence-electron chi connectivity index (χ0n) is 19.2. The molecule has 2 aromatic heterocycles. The first-order valence-corrected chi connectivity index (χ1v) is 11.5. The molecule has 0 saturated carbocycles. The van der Waals surface area contributed by atoms with Gasteiger partial charge in [-0.25, -0.2) is 14.8 Å². The lowest BCUT2D eigenvalue weighted by Crippen LogP contribution is -2.37. The molecule has 0 spiro atoms. The highest BCUT2D eigenvalue weighted by Crippen LogP contribution is 2.26. The van der Waals surface area contributed by atoms with E-state index in [9.17, 15) is 19.2 Å². The van der Waals surface area contributed by atoms with E-state index in [0.29, 0.717) is 27.7 Å². The van der Waals surface area contributed by atoms with Gasteiger partial charge in [-0.1, -0.05) is 41.6 Å². The third-order valence-electron chi connectivity index (χ3n) is 5.37. The van der Waals surface area contributed by atoms with Gasteiger partial charge in [-0.05, 0) is 31.2 Å². The fourth-order valence-corrected chi connectivity index (χ4v) is 4.23. The van der Waals surface area contributed by atoms with Crippen LogP contribution < -0.4 is 22.3 Å². The summed E-state index contributed by atoms with van der Waals surface area (Å²) in [7, 11) is 2.92. The highest BCUT2D eigenvalue weighted by molar-refractivity contribution is 8.00. The third-order valence-corrected chi connectivity index (χ3v) is 6.35. The Morgan fingerprint density at radius 3 is 2.26 bits per heavy atom. The summed E-state index contributed by atoms with van der Waals surface area (Å²) in [6.07, 6.45) is 0. The first-order valence-electron chi connectivity index (χ1n) is 10.5. The SMILES string of the molecule is Cc1ccc(-c2nc(SCC(=O)Nc3ccc(C(N)=O)cc3)c3c(=O)n(C)c(=O)n(C)c3n2)cc1. The molecule has 2 amide bonds. The van der Waals surface area contributed by atoms with Crippen molar-refractivity contribution in [3.8, 4) is 11.4 Å². The van der Waals surface area contributed by atoms with E-state index in [-0.39, 0.29) is 22.7 Å². The Kier molecular flexibility index (Phi) is 6.52. The summed E-state index contributed by atoms with van der Waals surface area (Å²) < 4.78 is 2.28. The van der Waals surface area contributed by atoms with Crippen molar-refractivity contribution in [1.29, 1.82) is 0 Å². The summed E-state index contributed by atoms with van der Waals surface area (Å²) in [6.45, 7) is 1.96. The third kappa shape index (κ3) is 4.85. The van der Waals surface area contributed by atoms with Crippen LogP contribution in [0, 0.1) is 6.92 Å². The van der Waals surface area contributed by atoms with Gasteiger partial charge < -0.3 is 11.1 Å². The molecule has 2 aromatic carbocycles. The van der Waals surface area contributed by atoms with E-state index in [1.54, 1.807) is 12.1 Å². The standard InChI is InChI=1S/C24H22N6O4S/c1-13-4-6-15(7-5-13)20-27-21-18(23(33)30(3)24(34)29(21)2)22(28-20)35-12-17(31)26-16-10-8-14(9-11-16)19(25)32/h4-11H,12H2,1-3H3,(H2,25,32)(H,26,31). The van der Waals surface area contributed by atoms with Gasteiger partial charge in [0.15, 0.2) is 11.5 Å². The van der Waals surface area contributed by atoms with Gasteiger partial charge in [0.2, 0.25) is 11.8 Å². The van der Waals surface area contributed by atoms with Crippen LogP contribution in [-0.4, -0.2) is 36.7 Å². The second-order valence-corrected chi connectivity index (χ2v) is 8.87. The van der Waals surface area contributed by atoms with Crippen molar-refractivity contribution in [1.82, 2.24) is 19.1 Å². The van der Waals surface area contributed by atoms with Crippen molar-refractivity contribution in [3.05, 3.63) is 80.5 Å². The molecule has 0 fully saturated rings. The molecule has 11 heteroatoms. The van der Waals surface area contributed by atoms with Crippen LogP contribution in [0.15, 0.2) is 63.1 Å². The molecule has 0 aliphatic rings. The summed E-state index contributed by atoms with van der Waals surface area (Å²) in [4.78, 5) is 58.4. The Hall–Kier alpha value is -4.25. The second kappa shape index (κ2) is 9.55. The van der Waals surface area contributed by atoms with E-state index >= 15 is 0 Å². The maximum Gasteiger partial charge on any atom is 0.332 e. The van der Waals surface area contributed by atoms with Gasteiger partial charge in [-0.2, -0.15) is 0 Å². The number of hydrogen-bond donors (Lipinski definition) is 2. The maximum absolute atomic E-state index is 13.0. The molecular weight excluding hydrogens is 468 g/mol. The number of benzene rings is 2. The number of nitrogens with one attached hydrogen (secondary N) is 1. The predicted octanol–water partition coefficient (Wildman–Crippen LogP) is 1.83. The molecular formula is C24H22N6O4S. The van der Waals surface area contributed by atoms with Crippen molar-refractivity contribution >= 4 is 40.3 Å². The van der Waals surface area contributed by atoms with Crippen LogP contribution in [0.3, 0.4) is 0 Å². The molecule has 0 aliphatic heterocycles. The molecule has 0 unspecified atom stereocenters. The van der Waals surface area contributed by atoms with E-state index in [2.05, 4.69) is 15.3 Å². The smallest absolute Gasteiger partial charge is 0.332 e. The predicted molar refractivity (Wildman–Crippen MR) is 135 cm³/mol. The molecule has 3 N–H and O–H groups in total. The van der Waals surface area contributed by atoms with Gasteiger partial charge in [0.05, 0.1) is 5.75 Å². The number of thioether (sulfide) groups is 1. The summed E-state index contributed by atoms with van der Waals surface area (Å²) >= 11 is 1.07. The van der Waals surface area contributed by atoms with Crippen LogP contribution in [-0.2, 0) is 18.9 Å². The molecule has 0 saturated heterocycles. The van der Waals surface area contributed by atoms with Crippen LogP contribution in [0.1, 0.15) is 15.9 Å². The zero-order chi connectivity index (χ0) is 25.3. The molecule has 178 valence electrons. The number of aromatic nitrogens is 4. The van der Waals surface area contributed by atoms with E-state index < -0.39 is 17.2 Å². The summed E-state index contributed by atoms with van der Waals surface area (Å²) in [5.41, 5.74) is 6.97. The Labute approximate surface area is 203 Å². The fourth-order valence-electron chi connectivity index (χ4n) is 3.41. The molecule has 0 radical (unpaired) electrons. The van der Waals surface area contributed by atoms with Crippen LogP contribution in [0.25, 0.3) is 22.4 Å². The highest BCUT2D eigenvalue weighted by Gasteiger charge is 2.19. The van der Waals surface area contributed by atoms with E-state index in [0.717, 1.165) is 21.9 Å². The number of carbonyl (C=O) groups excluding carboxylic acids is 2. The first kappa shape index (κ1) is 23.9. The minimum atomic E-state index is -0.561. The number of aryl methyl sites for hydroxylation is 2. The number of fused-ring (bicyclic) bond motifs is 1. The molecule has 0 aliphatic carbocycles. The molecule has 0 bridgehead atoms. The number of anilines is 1. The van der Waals surface area contributed by atoms with Crippen molar-refractivity contribution in [2.24, 2.45) is 19.8 Å². The monoisotopic (exact) mass is 490 g/mol. The number of nitrogens with two attached hydrogens (primary N) is 1. The molecule has 35 heavy (non-hydrogen) atoms. The minimum absolute atomic E-state index is 0.0526. The molecule has 4 aromatic rings. The number of hydrogen-bond acceptors (Lipinski definition) is 7. The molecule has 0 atom stereocenters. The Balaban J connectivity index is 1.70. The average molecular weight is 491 g/mol. The van der Waals surface area contributed by atoms with E-state index in [1.807, 2.05) is 31.2 Å². The lowest BCUT2D eigenvalue weighted by molar-refractivity contribution is -0.113. The van der Waals surface area contributed by atoms with Crippen molar-refractivity contribution in [2.75, 3.05) is 11.1 Å². The van der Waals surface area contributed by atoms with E-state index in [4.69, 9.17) is 5.73 Å². The molecule has 4 rings (SSSR count).